The van der Waals surface area contributed by atoms with Gasteiger partial charge in [0.05, 0.1) is 6.10 Å². The molecule has 0 fully saturated rings. The van der Waals surface area contributed by atoms with E-state index in [-0.39, 0.29) is 0 Å². The maximum atomic E-state index is 10.7. The Kier molecular flexibility index (Phi) is 4.02. The molecule has 0 aromatic heterocycles. The lowest BCUT2D eigenvalue weighted by molar-refractivity contribution is -0.323. The first-order valence-corrected chi connectivity index (χ1v) is 4.66. The van der Waals surface area contributed by atoms with Crippen LogP contribution in [0.5, 0.6) is 0 Å². The molecule has 1 aromatic carbocycles. The van der Waals surface area contributed by atoms with Crippen LogP contribution in [0, 0.1) is 5.92 Å². The number of carbonyl (C=O) groups excluding carboxylic acids is 2. The molecule has 16 heavy (non-hydrogen) atoms. The van der Waals surface area contributed by atoms with E-state index < -0.39 is 30.4 Å². The Morgan fingerprint density at radius 1 is 1.19 bits per heavy atom. The second-order valence-corrected chi connectivity index (χ2v) is 3.36. The fourth-order valence-electron chi connectivity index (χ4n) is 1.39. The van der Waals surface area contributed by atoms with Gasteiger partial charge in [0.25, 0.3) is 0 Å². The molecular weight excluding hydrogens is 212 g/mol. The minimum atomic E-state index is -1.61. The van der Waals surface area contributed by atoms with Gasteiger partial charge in [-0.1, -0.05) is 30.3 Å². The molecule has 0 aliphatic heterocycles. The zero-order chi connectivity index (χ0) is 12.1. The zero-order valence-electron chi connectivity index (χ0n) is 8.33. The highest BCUT2D eigenvalue weighted by Crippen LogP contribution is 2.23. The maximum Gasteiger partial charge on any atom is 0.0873 e. The van der Waals surface area contributed by atoms with Crippen molar-refractivity contribution in [1.29, 1.82) is 0 Å². The van der Waals surface area contributed by atoms with Gasteiger partial charge >= 0.3 is 0 Å². The summed E-state index contributed by atoms with van der Waals surface area (Å²) in [6.45, 7) is 0. The summed E-state index contributed by atoms with van der Waals surface area (Å²) in [7, 11) is 0. The average molecular weight is 222 g/mol. The van der Waals surface area contributed by atoms with Crippen LogP contribution in [0.15, 0.2) is 30.3 Å². The predicted octanol–water partition coefficient (Wildman–Crippen LogP) is -1.77. The van der Waals surface area contributed by atoms with Crippen LogP contribution in [0.2, 0.25) is 0 Å². The lowest BCUT2D eigenvalue weighted by Gasteiger charge is -2.24. The molecule has 0 heterocycles. The van der Waals surface area contributed by atoms with Gasteiger partial charge in [-0.2, -0.15) is 0 Å². The van der Waals surface area contributed by atoms with Crippen LogP contribution in [-0.2, 0) is 9.59 Å². The van der Waals surface area contributed by atoms with Gasteiger partial charge in [0.1, 0.15) is 0 Å². The highest BCUT2D eigenvalue weighted by Gasteiger charge is 2.22. The van der Waals surface area contributed by atoms with Gasteiger partial charge < -0.3 is 24.9 Å². The molecule has 1 aromatic rings. The molecule has 5 nitrogen and oxygen atoms in total. The fraction of sp³-hybridized carbons (Fsp3) is 0.273. The van der Waals surface area contributed by atoms with Crippen molar-refractivity contribution in [2.45, 2.75) is 12.5 Å². The number of aliphatic hydroxyl groups excluding tert-OH is 1. The van der Waals surface area contributed by atoms with E-state index in [0.717, 1.165) is 0 Å². The molecule has 0 aliphatic rings. The van der Waals surface area contributed by atoms with Crippen LogP contribution in [0.3, 0.4) is 0 Å². The molecule has 0 saturated carbocycles. The smallest absolute Gasteiger partial charge is 0.0873 e. The number of benzene rings is 1. The lowest BCUT2D eigenvalue weighted by atomic mass is 9.93. The van der Waals surface area contributed by atoms with Gasteiger partial charge in [0.15, 0.2) is 0 Å². The Labute approximate surface area is 92.0 Å². The van der Waals surface area contributed by atoms with Crippen LogP contribution in [0.25, 0.3) is 0 Å². The van der Waals surface area contributed by atoms with Gasteiger partial charge in [-0.05, 0) is 12.0 Å². The predicted molar refractivity (Wildman–Crippen MR) is 49.5 cm³/mol. The number of carbonyl (C=O) groups is 2. The summed E-state index contributed by atoms with van der Waals surface area (Å²) in [4.78, 5) is 21.0. The van der Waals surface area contributed by atoms with Gasteiger partial charge in [-0.3, -0.25) is 0 Å². The molecule has 86 valence electrons. The summed E-state index contributed by atoms with van der Waals surface area (Å²) in [5, 5.41) is 30.7. The molecule has 1 N–H and O–H groups in total. The number of aliphatic carboxylic acids is 2. The average Bonchev–Trinajstić information content (AvgIpc) is 2.25. The Morgan fingerprint density at radius 2 is 1.75 bits per heavy atom. The monoisotopic (exact) mass is 222 g/mol. The quantitative estimate of drug-likeness (QED) is 0.635. The van der Waals surface area contributed by atoms with E-state index in [1.165, 1.54) is 12.1 Å². The van der Waals surface area contributed by atoms with Crippen molar-refractivity contribution >= 4 is 11.9 Å². The number of rotatable bonds is 5. The van der Waals surface area contributed by atoms with Crippen molar-refractivity contribution in [2.24, 2.45) is 5.92 Å². The molecule has 0 amide bonds. The molecule has 0 radical (unpaired) electrons. The Balaban J connectivity index is 2.87. The van der Waals surface area contributed by atoms with E-state index in [1.54, 1.807) is 18.2 Å². The van der Waals surface area contributed by atoms with Crippen LogP contribution in [0.1, 0.15) is 18.1 Å². The fourth-order valence-corrected chi connectivity index (χ4v) is 1.39. The molecule has 0 unspecified atom stereocenters. The summed E-state index contributed by atoms with van der Waals surface area (Å²) < 4.78 is 0. The second-order valence-electron chi connectivity index (χ2n) is 3.36. The minimum absolute atomic E-state index is 0.331. The molecule has 2 atom stereocenters. The topological polar surface area (TPSA) is 100 Å². The zero-order valence-corrected chi connectivity index (χ0v) is 8.33. The largest absolute Gasteiger partial charge is 0.550 e. The summed E-state index contributed by atoms with van der Waals surface area (Å²) in [5.41, 5.74) is 0.331. The van der Waals surface area contributed by atoms with Crippen molar-refractivity contribution in [3.63, 3.8) is 0 Å². The molecular formula is C11H10O5-2. The van der Waals surface area contributed by atoms with Crippen LogP contribution in [0.4, 0.5) is 0 Å². The third-order valence-corrected chi connectivity index (χ3v) is 2.21. The molecule has 1 rings (SSSR count). The third kappa shape index (κ3) is 3.06. The van der Waals surface area contributed by atoms with Crippen molar-refractivity contribution < 1.29 is 24.9 Å². The Bertz CT molecular complexity index is 373. The van der Waals surface area contributed by atoms with Crippen LogP contribution < -0.4 is 10.2 Å². The van der Waals surface area contributed by atoms with Crippen LogP contribution >= 0.6 is 0 Å². The number of hydrogen-bond acceptors (Lipinski definition) is 5. The lowest BCUT2D eigenvalue weighted by Crippen LogP contribution is -2.39. The first kappa shape index (κ1) is 12.2. The van der Waals surface area contributed by atoms with Gasteiger partial charge in [0.2, 0.25) is 0 Å². The number of carboxylic acids is 2. The van der Waals surface area contributed by atoms with Gasteiger partial charge in [0, 0.05) is 17.9 Å². The van der Waals surface area contributed by atoms with E-state index in [0.29, 0.717) is 5.56 Å². The minimum Gasteiger partial charge on any atom is -0.550 e. The van der Waals surface area contributed by atoms with E-state index in [9.17, 15) is 24.9 Å². The maximum absolute atomic E-state index is 10.7. The van der Waals surface area contributed by atoms with Gasteiger partial charge in [-0.25, -0.2) is 0 Å². The van der Waals surface area contributed by atoms with Crippen LogP contribution in [-0.4, -0.2) is 17.0 Å². The van der Waals surface area contributed by atoms with E-state index >= 15 is 0 Å². The van der Waals surface area contributed by atoms with Crippen molar-refractivity contribution in [2.75, 3.05) is 0 Å². The summed E-state index contributed by atoms with van der Waals surface area (Å²) in [6, 6.07) is 7.95. The third-order valence-electron chi connectivity index (χ3n) is 2.21. The number of aliphatic hydroxyl groups is 1. The Morgan fingerprint density at radius 3 is 2.19 bits per heavy atom. The van der Waals surface area contributed by atoms with Crippen molar-refractivity contribution in [3.8, 4) is 0 Å². The Hall–Kier alpha value is -1.88. The van der Waals surface area contributed by atoms with E-state index in [1.807, 2.05) is 0 Å². The normalized spacial score (nSPS) is 14.1. The second kappa shape index (κ2) is 5.27. The van der Waals surface area contributed by atoms with E-state index in [4.69, 9.17) is 0 Å². The van der Waals surface area contributed by atoms with E-state index in [2.05, 4.69) is 0 Å². The first-order chi connectivity index (χ1) is 7.52. The summed E-state index contributed by atoms with van der Waals surface area (Å²) in [5.74, 6) is -4.66. The highest BCUT2D eigenvalue weighted by atomic mass is 16.4. The number of carboxylic acid groups (broad SMARTS) is 2. The van der Waals surface area contributed by atoms with Crippen molar-refractivity contribution in [1.82, 2.24) is 0 Å². The summed E-state index contributed by atoms with van der Waals surface area (Å²) >= 11 is 0. The molecule has 0 aliphatic carbocycles. The summed E-state index contributed by atoms with van der Waals surface area (Å²) in [6.07, 6.45) is -2.19. The SMILES string of the molecule is O=C([O-])C[C@H](C(=O)[O-])[C@@H](O)c1ccccc1. The molecule has 0 spiro atoms. The van der Waals surface area contributed by atoms with Gasteiger partial charge in [-0.15, -0.1) is 0 Å². The molecule has 0 bridgehead atoms. The van der Waals surface area contributed by atoms with Crippen molar-refractivity contribution in [3.05, 3.63) is 35.9 Å². The highest BCUT2D eigenvalue weighted by molar-refractivity contribution is 5.76. The molecule has 0 saturated heterocycles. The number of hydrogen-bond donors (Lipinski definition) is 1. The molecule has 5 heteroatoms. The first-order valence-electron chi connectivity index (χ1n) is 4.66. The standard InChI is InChI=1S/C11H12O5/c12-9(13)6-8(11(15)16)10(14)7-4-2-1-3-5-7/h1-5,8,10,14H,6H2,(H,12,13)(H,15,16)/p-2/t8-,10-/m0/s1.